The lowest BCUT2D eigenvalue weighted by atomic mass is 9.93. The van der Waals surface area contributed by atoms with E-state index in [-0.39, 0.29) is 23.3 Å². The van der Waals surface area contributed by atoms with Crippen LogP contribution >= 0.6 is 0 Å². The molecule has 31 heavy (non-hydrogen) atoms. The number of amides is 2. The first-order chi connectivity index (χ1) is 14.7. The Bertz CT molecular complexity index is 906. The molecule has 7 nitrogen and oxygen atoms in total. The number of rotatable bonds is 10. The van der Waals surface area contributed by atoms with Gasteiger partial charge in [0.25, 0.3) is 11.8 Å². The summed E-state index contributed by atoms with van der Waals surface area (Å²) in [5.74, 6) is -1.03. The summed E-state index contributed by atoms with van der Waals surface area (Å²) >= 11 is 0. The second kappa shape index (κ2) is 11.2. The molecule has 0 saturated heterocycles. The highest BCUT2D eigenvalue weighted by atomic mass is 16.6. The van der Waals surface area contributed by atoms with E-state index >= 15 is 0 Å². The van der Waals surface area contributed by atoms with Crippen LogP contribution in [0.5, 0.6) is 5.75 Å². The maximum atomic E-state index is 12.3. The van der Waals surface area contributed by atoms with Gasteiger partial charge >= 0.3 is 5.97 Å². The van der Waals surface area contributed by atoms with Crippen molar-refractivity contribution in [2.75, 3.05) is 13.2 Å². The molecule has 2 aromatic rings. The average molecular weight is 427 g/mol. The lowest BCUT2D eigenvalue weighted by Gasteiger charge is -2.23. The van der Waals surface area contributed by atoms with Gasteiger partial charge in [-0.15, -0.1) is 0 Å². The van der Waals surface area contributed by atoms with E-state index in [1.54, 1.807) is 12.1 Å². The maximum Gasteiger partial charge on any atom is 0.344 e. The monoisotopic (exact) mass is 426 g/mol. The standard InChI is InChI=1S/C24H30N2O5/c1-15(2)17-9-11-18(12-10-17)23(16(3)4)26-21(27)13-31-22(28)14-30-20-8-6-5-7-19(20)24(25)29/h5-12,15-16,23H,13-14H2,1-4H3,(H2,25,29)(H,26,27)/t23-/m0/s1. The van der Waals surface area contributed by atoms with E-state index in [9.17, 15) is 14.4 Å². The van der Waals surface area contributed by atoms with Gasteiger partial charge in [-0.2, -0.15) is 0 Å². The van der Waals surface area contributed by atoms with E-state index in [4.69, 9.17) is 15.2 Å². The summed E-state index contributed by atoms with van der Waals surface area (Å²) in [7, 11) is 0. The molecule has 0 aliphatic heterocycles. The first-order valence-corrected chi connectivity index (χ1v) is 10.3. The second-order valence-electron chi connectivity index (χ2n) is 7.92. The Morgan fingerprint density at radius 2 is 1.52 bits per heavy atom. The van der Waals surface area contributed by atoms with Gasteiger partial charge < -0.3 is 20.5 Å². The molecule has 0 bridgehead atoms. The smallest absolute Gasteiger partial charge is 0.344 e. The van der Waals surface area contributed by atoms with Crippen molar-refractivity contribution < 1.29 is 23.9 Å². The van der Waals surface area contributed by atoms with Crippen LogP contribution in [-0.2, 0) is 14.3 Å². The Kier molecular flexibility index (Phi) is 8.61. The van der Waals surface area contributed by atoms with E-state index in [2.05, 4.69) is 31.3 Å². The van der Waals surface area contributed by atoms with Crippen LogP contribution in [0.25, 0.3) is 0 Å². The van der Waals surface area contributed by atoms with E-state index in [1.807, 2.05) is 26.0 Å². The Morgan fingerprint density at radius 1 is 0.903 bits per heavy atom. The van der Waals surface area contributed by atoms with Gasteiger partial charge in [-0.25, -0.2) is 4.79 Å². The van der Waals surface area contributed by atoms with Crippen molar-refractivity contribution in [2.24, 2.45) is 11.7 Å². The highest BCUT2D eigenvalue weighted by Gasteiger charge is 2.20. The fourth-order valence-corrected chi connectivity index (χ4v) is 3.06. The van der Waals surface area contributed by atoms with Gasteiger partial charge in [0, 0.05) is 0 Å². The van der Waals surface area contributed by atoms with Crippen LogP contribution in [0.15, 0.2) is 48.5 Å². The number of ether oxygens (including phenoxy) is 2. The molecule has 7 heteroatoms. The van der Waals surface area contributed by atoms with Crippen LogP contribution in [0.4, 0.5) is 0 Å². The zero-order chi connectivity index (χ0) is 23.0. The lowest BCUT2D eigenvalue weighted by molar-refractivity contribution is -0.150. The minimum absolute atomic E-state index is 0.151. The number of carbonyl (C=O) groups excluding carboxylic acids is 3. The molecular weight excluding hydrogens is 396 g/mol. The number of hydrogen-bond donors (Lipinski definition) is 2. The number of esters is 1. The third kappa shape index (κ3) is 7.13. The van der Waals surface area contributed by atoms with Crippen LogP contribution in [0.3, 0.4) is 0 Å². The van der Waals surface area contributed by atoms with Crippen molar-refractivity contribution in [3.8, 4) is 5.75 Å². The topological polar surface area (TPSA) is 108 Å². The number of para-hydroxylation sites is 1. The highest BCUT2D eigenvalue weighted by molar-refractivity contribution is 5.95. The molecule has 0 heterocycles. The van der Waals surface area contributed by atoms with Crippen molar-refractivity contribution in [1.82, 2.24) is 5.32 Å². The number of nitrogens with two attached hydrogens (primary N) is 1. The zero-order valence-corrected chi connectivity index (χ0v) is 18.4. The minimum Gasteiger partial charge on any atom is -0.481 e. The molecular formula is C24H30N2O5. The number of primary amides is 1. The Morgan fingerprint density at radius 3 is 2.10 bits per heavy atom. The lowest BCUT2D eigenvalue weighted by Crippen LogP contribution is -2.35. The quantitative estimate of drug-likeness (QED) is 0.567. The predicted molar refractivity (Wildman–Crippen MR) is 118 cm³/mol. The van der Waals surface area contributed by atoms with Crippen molar-refractivity contribution in [3.05, 3.63) is 65.2 Å². The fourth-order valence-electron chi connectivity index (χ4n) is 3.06. The maximum absolute atomic E-state index is 12.3. The zero-order valence-electron chi connectivity index (χ0n) is 18.4. The summed E-state index contributed by atoms with van der Waals surface area (Å²) in [6.45, 7) is 7.41. The Hall–Kier alpha value is -3.35. The van der Waals surface area contributed by atoms with Crippen LogP contribution in [0, 0.1) is 5.92 Å². The van der Waals surface area contributed by atoms with Crippen LogP contribution in [-0.4, -0.2) is 31.0 Å². The number of benzene rings is 2. The van der Waals surface area contributed by atoms with Crippen molar-refractivity contribution in [1.29, 1.82) is 0 Å². The molecule has 1 atom stereocenters. The first-order valence-electron chi connectivity index (χ1n) is 10.3. The molecule has 2 amide bonds. The van der Waals surface area contributed by atoms with E-state index < -0.39 is 31.0 Å². The molecule has 0 aliphatic rings. The molecule has 0 unspecified atom stereocenters. The van der Waals surface area contributed by atoms with Gasteiger partial charge in [-0.05, 0) is 35.1 Å². The van der Waals surface area contributed by atoms with Crippen LogP contribution in [0.2, 0.25) is 0 Å². The summed E-state index contributed by atoms with van der Waals surface area (Å²) in [6, 6.07) is 14.2. The Labute approximate surface area is 182 Å². The first kappa shape index (κ1) is 23.9. The summed E-state index contributed by atoms with van der Waals surface area (Å²) in [5.41, 5.74) is 7.65. The van der Waals surface area contributed by atoms with Crippen molar-refractivity contribution in [2.45, 2.75) is 39.7 Å². The van der Waals surface area contributed by atoms with Gasteiger partial charge in [0.1, 0.15) is 5.75 Å². The molecule has 0 spiro atoms. The van der Waals surface area contributed by atoms with Gasteiger partial charge in [0.2, 0.25) is 0 Å². The van der Waals surface area contributed by atoms with Gasteiger partial charge in [0.15, 0.2) is 13.2 Å². The summed E-state index contributed by atoms with van der Waals surface area (Å²) < 4.78 is 10.3. The molecule has 2 rings (SSSR count). The van der Waals surface area contributed by atoms with Gasteiger partial charge in [-0.3, -0.25) is 9.59 Å². The number of nitrogens with one attached hydrogen (secondary N) is 1. The minimum atomic E-state index is -0.725. The van der Waals surface area contributed by atoms with Crippen molar-refractivity contribution in [3.63, 3.8) is 0 Å². The van der Waals surface area contributed by atoms with Crippen LogP contribution < -0.4 is 15.8 Å². The van der Waals surface area contributed by atoms with Gasteiger partial charge in [0.05, 0.1) is 11.6 Å². The van der Waals surface area contributed by atoms with Crippen LogP contribution in [0.1, 0.15) is 61.1 Å². The fraction of sp³-hybridized carbons (Fsp3) is 0.375. The summed E-state index contributed by atoms with van der Waals surface area (Å²) in [4.78, 5) is 35.7. The normalized spacial score (nSPS) is 11.8. The summed E-state index contributed by atoms with van der Waals surface area (Å²) in [6.07, 6.45) is 0. The largest absolute Gasteiger partial charge is 0.481 e. The average Bonchev–Trinajstić information content (AvgIpc) is 2.74. The molecule has 0 fully saturated rings. The molecule has 0 radical (unpaired) electrons. The third-order valence-corrected chi connectivity index (χ3v) is 4.81. The van der Waals surface area contributed by atoms with E-state index in [0.717, 1.165) is 5.56 Å². The van der Waals surface area contributed by atoms with E-state index in [0.29, 0.717) is 5.92 Å². The SMILES string of the molecule is CC(C)c1ccc([C@@H](NC(=O)COC(=O)COc2ccccc2C(N)=O)C(C)C)cc1. The number of hydrogen-bond acceptors (Lipinski definition) is 5. The van der Waals surface area contributed by atoms with E-state index in [1.165, 1.54) is 17.7 Å². The summed E-state index contributed by atoms with van der Waals surface area (Å²) in [5, 5.41) is 2.92. The second-order valence-corrected chi connectivity index (χ2v) is 7.92. The number of carbonyl (C=O) groups is 3. The molecule has 2 aromatic carbocycles. The highest BCUT2D eigenvalue weighted by Crippen LogP contribution is 2.24. The molecule has 3 N–H and O–H groups in total. The molecule has 0 aromatic heterocycles. The predicted octanol–water partition coefficient (Wildman–Crippen LogP) is 3.34. The Balaban J connectivity index is 1.88. The van der Waals surface area contributed by atoms with Crippen molar-refractivity contribution >= 4 is 17.8 Å². The molecule has 0 aliphatic carbocycles. The molecule has 166 valence electrons. The van der Waals surface area contributed by atoms with Gasteiger partial charge in [-0.1, -0.05) is 64.1 Å². The third-order valence-electron chi connectivity index (χ3n) is 4.81. The molecule has 0 saturated carbocycles.